The lowest BCUT2D eigenvalue weighted by atomic mass is 9.69. The molecule has 12 atom stereocenters. The molecule has 156 valence electrons. The third kappa shape index (κ3) is 1.43. The standard InChI is InChI=1S/C24H24O6/c1-7-13-14(8(1)20-19(7)25-4-26-20)16-10-3-12(24-22(10)28-6-30-24)18(16)17-11-2-9(15(13)17)21-23(11)29-5-27-21/h7-12,19-24H,1-6H2/t7-,8+,9-,10-,11+,12+,19?,20?,21?,22?,23?,24?. The van der Waals surface area contributed by atoms with Crippen LogP contribution in [0.2, 0.25) is 0 Å². The molecule has 1 aromatic carbocycles. The summed E-state index contributed by atoms with van der Waals surface area (Å²) in [6.07, 6.45) is 5.07. The van der Waals surface area contributed by atoms with Gasteiger partial charge in [0.25, 0.3) is 0 Å². The largest absolute Gasteiger partial charge is 0.349 e. The van der Waals surface area contributed by atoms with Crippen LogP contribution in [0.3, 0.4) is 0 Å². The number of fused-ring (bicyclic) bond motifs is 27. The predicted molar refractivity (Wildman–Crippen MR) is 101 cm³/mol. The number of rotatable bonds is 0. The van der Waals surface area contributed by atoms with Gasteiger partial charge in [-0.3, -0.25) is 0 Å². The minimum atomic E-state index is 0.248. The molecule has 9 aliphatic rings. The van der Waals surface area contributed by atoms with Crippen molar-refractivity contribution in [2.45, 2.75) is 91.4 Å². The van der Waals surface area contributed by atoms with Crippen molar-refractivity contribution in [1.82, 2.24) is 0 Å². The van der Waals surface area contributed by atoms with Crippen LogP contribution in [0.4, 0.5) is 0 Å². The molecule has 3 heterocycles. The molecular formula is C24H24O6. The molecule has 6 bridgehead atoms. The normalized spacial score (nSPS) is 56.4. The first-order chi connectivity index (χ1) is 14.9. The summed E-state index contributed by atoms with van der Waals surface area (Å²) in [4.78, 5) is 0. The maximum absolute atomic E-state index is 6.12. The zero-order chi connectivity index (χ0) is 18.9. The molecule has 3 saturated carbocycles. The van der Waals surface area contributed by atoms with Gasteiger partial charge in [-0.25, -0.2) is 0 Å². The average Bonchev–Trinajstić information content (AvgIpc) is 3.58. The molecule has 3 aliphatic heterocycles. The summed E-state index contributed by atoms with van der Waals surface area (Å²) in [7, 11) is 0. The van der Waals surface area contributed by atoms with Crippen molar-refractivity contribution in [3.8, 4) is 0 Å². The molecule has 6 nitrogen and oxygen atoms in total. The molecule has 0 aromatic heterocycles. The van der Waals surface area contributed by atoms with Crippen molar-refractivity contribution in [2.24, 2.45) is 0 Å². The van der Waals surface area contributed by atoms with E-state index in [1.54, 1.807) is 33.4 Å². The molecule has 1 aromatic rings. The Morgan fingerprint density at radius 3 is 0.733 bits per heavy atom. The third-order valence-corrected chi connectivity index (χ3v) is 10.4. The van der Waals surface area contributed by atoms with E-state index in [-0.39, 0.29) is 36.6 Å². The Morgan fingerprint density at radius 2 is 0.533 bits per heavy atom. The van der Waals surface area contributed by atoms with Crippen molar-refractivity contribution < 1.29 is 28.4 Å². The fraction of sp³-hybridized carbons (Fsp3) is 0.750. The minimum absolute atomic E-state index is 0.248. The van der Waals surface area contributed by atoms with Gasteiger partial charge in [0.05, 0.1) is 36.6 Å². The van der Waals surface area contributed by atoms with Crippen LogP contribution < -0.4 is 0 Å². The third-order valence-electron chi connectivity index (χ3n) is 10.4. The fourth-order valence-electron chi connectivity index (χ4n) is 9.81. The smallest absolute Gasteiger partial charge is 0.147 e. The maximum atomic E-state index is 6.12. The lowest BCUT2D eigenvalue weighted by Gasteiger charge is -2.39. The second-order valence-corrected chi connectivity index (χ2v) is 11.0. The van der Waals surface area contributed by atoms with E-state index in [4.69, 9.17) is 28.4 Å². The van der Waals surface area contributed by atoms with E-state index < -0.39 is 0 Å². The number of benzene rings is 1. The highest BCUT2D eigenvalue weighted by molar-refractivity contribution is 5.69. The molecule has 0 spiro atoms. The van der Waals surface area contributed by atoms with Gasteiger partial charge in [-0.1, -0.05) is 0 Å². The zero-order valence-corrected chi connectivity index (χ0v) is 16.6. The van der Waals surface area contributed by atoms with E-state index in [0.29, 0.717) is 55.9 Å². The van der Waals surface area contributed by atoms with Crippen LogP contribution in [-0.4, -0.2) is 57.0 Å². The number of ether oxygens (including phenoxy) is 6. The second kappa shape index (κ2) is 4.82. The molecule has 0 radical (unpaired) electrons. The summed E-state index contributed by atoms with van der Waals surface area (Å²) >= 11 is 0. The Morgan fingerprint density at radius 1 is 0.333 bits per heavy atom. The molecule has 6 heteroatoms. The lowest BCUT2D eigenvalue weighted by Crippen LogP contribution is -2.37. The van der Waals surface area contributed by atoms with E-state index >= 15 is 0 Å². The van der Waals surface area contributed by atoms with Crippen molar-refractivity contribution in [3.63, 3.8) is 0 Å². The highest BCUT2D eigenvalue weighted by atomic mass is 16.7. The fourth-order valence-corrected chi connectivity index (χ4v) is 9.81. The topological polar surface area (TPSA) is 55.4 Å². The van der Waals surface area contributed by atoms with E-state index in [1.165, 1.54) is 19.3 Å². The van der Waals surface area contributed by atoms with Crippen molar-refractivity contribution in [2.75, 3.05) is 20.4 Å². The first-order valence-electron chi connectivity index (χ1n) is 11.8. The van der Waals surface area contributed by atoms with E-state index in [9.17, 15) is 0 Å². The molecule has 30 heavy (non-hydrogen) atoms. The summed E-state index contributed by atoms with van der Waals surface area (Å²) in [5.41, 5.74) is 9.86. The predicted octanol–water partition coefficient (Wildman–Crippen LogP) is 2.66. The summed E-state index contributed by atoms with van der Waals surface area (Å²) in [6, 6.07) is 0. The molecule has 3 saturated heterocycles. The van der Waals surface area contributed by atoms with Crippen LogP contribution in [0.5, 0.6) is 0 Å². The SMILES string of the molecule is C1OC2C(O1)[C@H]1C[C@@H]2c2c3c(c4c(c21)[C@H]1C[C@@H]4C2OCOC21)[C@@H]1C[C@H]3C2OCOC21. The molecule has 0 N–H and O–H groups in total. The summed E-state index contributed by atoms with van der Waals surface area (Å²) < 4.78 is 36.7. The van der Waals surface area contributed by atoms with Gasteiger partial charge < -0.3 is 28.4 Å². The van der Waals surface area contributed by atoms with Gasteiger partial charge in [0.15, 0.2) is 0 Å². The summed E-state index contributed by atoms with van der Waals surface area (Å²) in [6.45, 7) is 1.38. The van der Waals surface area contributed by atoms with E-state index in [0.717, 1.165) is 0 Å². The molecule has 6 unspecified atom stereocenters. The highest BCUT2D eigenvalue weighted by Gasteiger charge is 2.66. The second-order valence-electron chi connectivity index (χ2n) is 11.0. The first kappa shape index (κ1) is 15.7. The summed E-state index contributed by atoms with van der Waals surface area (Å²) in [5, 5.41) is 0. The van der Waals surface area contributed by atoms with Crippen molar-refractivity contribution in [1.29, 1.82) is 0 Å². The molecule has 6 fully saturated rings. The Hall–Kier alpha value is -1.02. The van der Waals surface area contributed by atoms with Crippen molar-refractivity contribution >= 4 is 0 Å². The Labute approximate surface area is 174 Å². The first-order valence-corrected chi connectivity index (χ1v) is 11.8. The molecular weight excluding hydrogens is 384 g/mol. The Bertz CT molecular complexity index is 814. The van der Waals surface area contributed by atoms with Gasteiger partial charge in [0.2, 0.25) is 0 Å². The number of hydrogen-bond acceptors (Lipinski definition) is 6. The average molecular weight is 408 g/mol. The van der Waals surface area contributed by atoms with Crippen LogP contribution in [0, 0.1) is 0 Å². The molecule has 0 amide bonds. The van der Waals surface area contributed by atoms with E-state index in [1.807, 2.05) is 0 Å². The Kier molecular flexibility index (Phi) is 2.53. The van der Waals surface area contributed by atoms with Crippen LogP contribution >= 0.6 is 0 Å². The minimum Gasteiger partial charge on any atom is -0.349 e. The van der Waals surface area contributed by atoms with Crippen LogP contribution in [0.1, 0.15) is 88.2 Å². The van der Waals surface area contributed by atoms with Gasteiger partial charge in [0.1, 0.15) is 20.4 Å². The maximum Gasteiger partial charge on any atom is 0.147 e. The van der Waals surface area contributed by atoms with Crippen LogP contribution in [0.15, 0.2) is 0 Å². The lowest BCUT2D eigenvalue weighted by molar-refractivity contribution is 0.0233. The van der Waals surface area contributed by atoms with Gasteiger partial charge >= 0.3 is 0 Å². The van der Waals surface area contributed by atoms with Gasteiger partial charge in [-0.2, -0.15) is 0 Å². The van der Waals surface area contributed by atoms with Crippen molar-refractivity contribution in [3.05, 3.63) is 33.4 Å². The number of hydrogen-bond donors (Lipinski definition) is 0. The quantitative estimate of drug-likeness (QED) is 0.658. The molecule has 10 rings (SSSR count). The monoisotopic (exact) mass is 408 g/mol. The van der Waals surface area contributed by atoms with Gasteiger partial charge in [-0.15, -0.1) is 0 Å². The highest BCUT2D eigenvalue weighted by Crippen LogP contribution is 2.71. The van der Waals surface area contributed by atoms with E-state index in [2.05, 4.69) is 0 Å². The van der Waals surface area contributed by atoms with Gasteiger partial charge in [0, 0.05) is 35.5 Å². The summed E-state index contributed by atoms with van der Waals surface area (Å²) in [5.74, 6) is 2.96. The molecule has 6 aliphatic carbocycles. The van der Waals surface area contributed by atoms with Crippen LogP contribution in [-0.2, 0) is 28.4 Å². The van der Waals surface area contributed by atoms with Crippen LogP contribution in [0.25, 0.3) is 0 Å². The van der Waals surface area contributed by atoms with Gasteiger partial charge in [-0.05, 0) is 52.6 Å². The zero-order valence-electron chi connectivity index (χ0n) is 16.6. The Balaban J connectivity index is 1.29.